The summed E-state index contributed by atoms with van der Waals surface area (Å²) in [5.74, 6) is 0.824. The quantitative estimate of drug-likeness (QED) is 0.777. The summed E-state index contributed by atoms with van der Waals surface area (Å²) < 4.78 is 12.2. The predicted octanol–water partition coefficient (Wildman–Crippen LogP) is 3.64. The average molecular weight is 330 g/mol. The minimum absolute atomic E-state index is 0.0338. The second-order valence-corrected chi connectivity index (χ2v) is 6.85. The first-order valence-electron chi connectivity index (χ1n) is 7.80. The van der Waals surface area contributed by atoms with Crippen LogP contribution in [-0.4, -0.2) is 35.0 Å². The van der Waals surface area contributed by atoms with Crippen molar-refractivity contribution in [3.63, 3.8) is 0 Å². The molecule has 4 rings (SSSR count). The summed E-state index contributed by atoms with van der Waals surface area (Å²) in [6.07, 6.45) is 5.72. The molecule has 120 valence electrons. The lowest BCUT2D eigenvalue weighted by molar-refractivity contribution is 0.0495. The molecule has 0 aromatic carbocycles. The first-order valence-corrected chi connectivity index (χ1v) is 8.61. The Morgan fingerprint density at radius 2 is 2.39 bits per heavy atom. The van der Waals surface area contributed by atoms with Crippen LogP contribution in [0.15, 0.2) is 41.1 Å². The number of hydrogen-bond donors (Lipinski definition) is 1. The van der Waals surface area contributed by atoms with Gasteiger partial charge in [-0.25, -0.2) is 0 Å². The van der Waals surface area contributed by atoms with E-state index in [1.807, 2.05) is 35.4 Å². The lowest BCUT2D eigenvalue weighted by atomic mass is 10.2. The van der Waals surface area contributed by atoms with E-state index in [4.69, 9.17) is 9.15 Å². The molecule has 0 bridgehead atoms. The SMILES string of the molecule is O=C(c1cc2[nH]ccc2s1)N(Cc1ccco1)CC1CCCO1. The van der Waals surface area contributed by atoms with Gasteiger partial charge in [0.15, 0.2) is 0 Å². The van der Waals surface area contributed by atoms with Crippen LogP contribution in [0.5, 0.6) is 0 Å². The topological polar surface area (TPSA) is 58.5 Å². The molecular formula is C17H18N2O3S. The van der Waals surface area contributed by atoms with Crippen LogP contribution in [-0.2, 0) is 11.3 Å². The number of nitrogens with zero attached hydrogens (tertiary/aromatic N) is 1. The van der Waals surface area contributed by atoms with E-state index < -0.39 is 0 Å². The fourth-order valence-electron chi connectivity index (χ4n) is 2.95. The maximum Gasteiger partial charge on any atom is 0.264 e. The molecule has 1 aliphatic heterocycles. The molecular weight excluding hydrogens is 312 g/mol. The normalized spacial score (nSPS) is 17.8. The minimum atomic E-state index is 0.0338. The number of furan rings is 1. The molecule has 3 aromatic heterocycles. The zero-order valence-corrected chi connectivity index (χ0v) is 13.5. The molecule has 0 saturated carbocycles. The Balaban J connectivity index is 1.57. The Bertz CT molecular complexity index is 755. The first kappa shape index (κ1) is 14.5. The molecule has 5 nitrogen and oxygen atoms in total. The van der Waals surface area contributed by atoms with Gasteiger partial charge in [-0.05, 0) is 37.1 Å². The molecule has 1 atom stereocenters. The number of carbonyl (C=O) groups excluding carboxylic acids is 1. The van der Waals surface area contributed by atoms with E-state index in [9.17, 15) is 4.79 Å². The highest BCUT2D eigenvalue weighted by atomic mass is 32.1. The molecule has 1 fully saturated rings. The van der Waals surface area contributed by atoms with Crippen LogP contribution in [0.3, 0.4) is 0 Å². The van der Waals surface area contributed by atoms with Gasteiger partial charge < -0.3 is 19.0 Å². The third kappa shape index (κ3) is 3.04. The molecule has 1 amide bonds. The molecule has 4 heterocycles. The second kappa shape index (κ2) is 6.22. The number of carbonyl (C=O) groups is 1. The van der Waals surface area contributed by atoms with Crippen molar-refractivity contribution >= 4 is 27.5 Å². The maximum absolute atomic E-state index is 13.0. The summed E-state index contributed by atoms with van der Waals surface area (Å²) in [5, 5.41) is 0. The van der Waals surface area contributed by atoms with Gasteiger partial charge in [0, 0.05) is 19.3 Å². The second-order valence-electron chi connectivity index (χ2n) is 5.77. The van der Waals surface area contributed by atoms with E-state index in [2.05, 4.69) is 4.98 Å². The maximum atomic E-state index is 13.0. The smallest absolute Gasteiger partial charge is 0.264 e. The molecule has 1 N–H and O–H groups in total. The Labute approximate surface area is 137 Å². The van der Waals surface area contributed by atoms with Crippen molar-refractivity contribution in [2.24, 2.45) is 0 Å². The van der Waals surface area contributed by atoms with Crippen LogP contribution in [0.4, 0.5) is 0 Å². The molecule has 23 heavy (non-hydrogen) atoms. The molecule has 1 aliphatic rings. The van der Waals surface area contributed by atoms with Crippen LogP contribution in [0.25, 0.3) is 10.2 Å². The highest BCUT2D eigenvalue weighted by Gasteiger charge is 2.25. The number of aromatic amines is 1. The van der Waals surface area contributed by atoms with Crippen molar-refractivity contribution in [1.82, 2.24) is 9.88 Å². The molecule has 1 saturated heterocycles. The van der Waals surface area contributed by atoms with Crippen LogP contribution in [0.2, 0.25) is 0 Å². The average Bonchev–Trinajstić information content (AvgIpc) is 3.30. The van der Waals surface area contributed by atoms with E-state index in [1.165, 1.54) is 11.3 Å². The predicted molar refractivity (Wildman–Crippen MR) is 88.6 cm³/mol. The van der Waals surface area contributed by atoms with E-state index in [0.717, 1.165) is 40.3 Å². The van der Waals surface area contributed by atoms with Crippen molar-refractivity contribution in [1.29, 1.82) is 0 Å². The number of aromatic nitrogens is 1. The van der Waals surface area contributed by atoms with Gasteiger partial charge in [-0.15, -0.1) is 11.3 Å². The fourth-order valence-corrected chi connectivity index (χ4v) is 3.95. The minimum Gasteiger partial charge on any atom is -0.467 e. The van der Waals surface area contributed by atoms with Gasteiger partial charge in [0.2, 0.25) is 0 Å². The summed E-state index contributed by atoms with van der Waals surface area (Å²) in [6, 6.07) is 7.66. The molecule has 6 heteroatoms. The Morgan fingerprint density at radius 1 is 1.43 bits per heavy atom. The van der Waals surface area contributed by atoms with Gasteiger partial charge in [-0.3, -0.25) is 4.79 Å². The number of fused-ring (bicyclic) bond motifs is 1. The van der Waals surface area contributed by atoms with Gasteiger partial charge in [0.1, 0.15) is 5.76 Å². The Hall–Kier alpha value is -2.05. The standard InChI is InChI=1S/C17H18N2O3S/c20-17(16-9-14-15(23-16)5-6-18-14)19(10-12-3-1-7-21-12)11-13-4-2-8-22-13/h1,3,5-7,9,13,18H,2,4,8,10-11H2. The van der Waals surface area contributed by atoms with Crippen LogP contribution in [0, 0.1) is 0 Å². The zero-order valence-electron chi connectivity index (χ0n) is 12.7. The highest BCUT2D eigenvalue weighted by Crippen LogP contribution is 2.26. The number of ether oxygens (including phenoxy) is 1. The van der Waals surface area contributed by atoms with E-state index in [1.54, 1.807) is 6.26 Å². The van der Waals surface area contributed by atoms with E-state index in [0.29, 0.717) is 13.1 Å². The number of thiophene rings is 1. The number of H-pyrrole nitrogens is 1. The van der Waals surface area contributed by atoms with Crippen LogP contribution in [0.1, 0.15) is 28.3 Å². The summed E-state index contributed by atoms with van der Waals surface area (Å²) >= 11 is 1.52. The van der Waals surface area contributed by atoms with Gasteiger partial charge in [0.25, 0.3) is 5.91 Å². The van der Waals surface area contributed by atoms with Gasteiger partial charge >= 0.3 is 0 Å². The van der Waals surface area contributed by atoms with Crippen molar-refractivity contribution in [3.05, 3.63) is 47.4 Å². The molecule has 1 unspecified atom stereocenters. The van der Waals surface area contributed by atoms with Crippen molar-refractivity contribution < 1.29 is 13.9 Å². The molecule has 0 spiro atoms. The summed E-state index contributed by atoms with van der Waals surface area (Å²) in [4.78, 5) is 18.7. The summed E-state index contributed by atoms with van der Waals surface area (Å²) in [7, 11) is 0. The molecule has 3 aromatic rings. The summed E-state index contributed by atoms with van der Waals surface area (Å²) in [6.45, 7) is 1.86. The number of hydrogen-bond acceptors (Lipinski definition) is 4. The third-order valence-electron chi connectivity index (χ3n) is 4.11. The van der Waals surface area contributed by atoms with Crippen molar-refractivity contribution in [2.45, 2.75) is 25.5 Å². The van der Waals surface area contributed by atoms with Gasteiger partial charge in [-0.2, -0.15) is 0 Å². The fraction of sp³-hybridized carbons (Fsp3) is 0.353. The first-order chi connectivity index (χ1) is 11.3. The number of rotatable bonds is 5. The lowest BCUT2D eigenvalue weighted by Gasteiger charge is -2.24. The van der Waals surface area contributed by atoms with Gasteiger partial charge in [-0.1, -0.05) is 0 Å². The zero-order chi connectivity index (χ0) is 15.6. The van der Waals surface area contributed by atoms with E-state index >= 15 is 0 Å². The van der Waals surface area contributed by atoms with Crippen LogP contribution >= 0.6 is 11.3 Å². The van der Waals surface area contributed by atoms with Crippen molar-refractivity contribution in [3.8, 4) is 0 Å². The molecule has 0 aliphatic carbocycles. The Morgan fingerprint density at radius 3 is 3.13 bits per heavy atom. The molecule has 0 radical (unpaired) electrons. The van der Waals surface area contributed by atoms with E-state index in [-0.39, 0.29) is 12.0 Å². The number of amides is 1. The van der Waals surface area contributed by atoms with Crippen molar-refractivity contribution in [2.75, 3.05) is 13.2 Å². The lowest BCUT2D eigenvalue weighted by Crippen LogP contribution is -2.36. The highest BCUT2D eigenvalue weighted by molar-refractivity contribution is 7.20. The largest absolute Gasteiger partial charge is 0.467 e. The number of nitrogens with one attached hydrogen (secondary N) is 1. The third-order valence-corrected chi connectivity index (χ3v) is 5.20. The summed E-state index contributed by atoms with van der Waals surface area (Å²) in [5.41, 5.74) is 1.01. The monoisotopic (exact) mass is 330 g/mol. The van der Waals surface area contributed by atoms with Crippen LogP contribution < -0.4 is 0 Å². The van der Waals surface area contributed by atoms with Gasteiger partial charge in [0.05, 0.1) is 34.0 Å². The Kier molecular flexibility index (Phi) is 3.93.